The van der Waals surface area contributed by atoms with Gasteiger partial charge in [0.1, 0.15) is 0 Å². The van der Waals surface area contributed by atoms with Crippen molar-refractivity contribution in [3.63, 3.8) is 0 Å². The molecular weight excluding hydrogens is 284 g/mol. The first kappa shape index (κ1) is 16.3. The van der Waals surface area contributed by atoms with E-state index in [4.69, 9.17) is 4.74 Å². The molecule has 0 aliphatic carbocycles. The fourth-order valence-corrected chi connectivity index (χ4v) is 7.23. The standard InChI is InChI=1S/C20H32OSi/c1-4-9-16-14-18-15-17(20(16)21-18)10-8-13-22(2,3)19-11-6-5-7-12-19/h5-7,11-12,16-18,20H,4,8-10,13-15H2,1-3H3/t16?,17?,18?,20-/m0/s1. The van der Waals surface area contributed by atoms with Crippen molar-refractivity contribution in [2.24, 2.45) is 11.8 Å². The summed E-state index contributed by atoms with van der Waals surface area (Å²) in [6.45, 7) is 7.37. The lowest BCUT2D eigenvalue weighted by atomic mass is 9.77. The molecule has 22 heavy (non-hydrogen) atoms. The van der Waals surface area contributed by atoms with E-state index in [1.807, 2.05) is 0 Å². The van der Waals surface area contributed by atoms with E-state index < -0.39 is 8.07 Å². The molecule has 2 aliphatic heterocycles. The Hall–Kier alpha value is -0.603. The molecule has 122 valence electrons. The Morgan fingerprint density at radius 1 is 1.05 bits per heavy atom. The van der Waals surface area contributed by atoms with Crippen LogP contribution in [0, 0.1) is 11.8 Å². The normalized spacial score (nSPS) is 30.9. The smallest absolute Gasteiger partial charge is 0.0806 e. The zero-order valence-electron chi connectivity index (χ0n) is 14.6. The minimum Gasteiger partial charge on any atom is -0.374 e. The summed E-state index contributed by atoms with van der Waals surface area (Å²) in [5.41, 5.74) is 0. The van der Waals surface area contributed by atoms with E-state index in [2.05, 4.69) is 50.3 Å². The number of hydrogen-bond acceptors (Lipinski definition) is 1. The molecule has 0 aromatic heterocycles. The highest BCUT2D eigenvalue weighted by Crippen LogP contribution is 2.46. The van der Waals surface area contributed by atoms with Gasteiger partial charge in [-0.1, -0.05) is 74.4 Å². The predicted molar refractivity (Wildman–Crippen MR) is 97.4 cm³/mol. The Balaban J connectivity index is 1.49. The van der Waals surface area contributed by atoms with Crippen LogP contribution in [0.15, 0.2) is 30.3 Å². The molecule has 2 saturated heterocycles. The highest BCUT2D eigenvalue weighted by molar-refractivity contribution is 6.89. The van der Waals surface area contributed by atoms with Gasteiger partial charge in [0.2, 0.25) is 0 Å². The minimum atomic E-state index is -1.25. The molecule has 3 rings (SSSR count). The average molecular weight is 317 g/mol. The Morgan fingerprint density at radius 2 is 1.73 bits per heavy atom. The van der Waals surface area contributed by atoms with E-state index in [-0.39, 0.29) is 0 Å². The summed E-state index contributed by atoms with van der Waals surface area (Å²) in [7, 11) is -1.25. The number of rotatable bonds is 7. The van der Waals surface area contributed by atoms with E-state index in [1.54, 1.807) is 5.19 Å². The lowest BCUT2D eigenvalue weighted by Crippen LogP contribution is -2.41. The molecule has 4 atom stereocenters. The largest absolute Gasteiger partial charge is 0.374 e. The summed E-state index contributed by atoms with van der Waals surface area (Å²) in [5, 5.41) is 1.61. The minimum absolute atomic E-state index is 0.603. The Bertz CT molecular complexity index is 470. The van der Waals surface area contributed by atoms with Crippen LogP contribution in [-0.2, 0) is 4.74 Å². The van der Waals surface area contributed by atoms with Gasteiger partial charge >= 0.3 is 0 Å². The molecule has 2 bridgehead atoms. The molecule has 0 N–H and O–H groups in total. The molecule has 1 aromatic rings. The van der Waals surface area contributed by atoms with Crippen LogP contribution in [0.3, 0.4) is 0 Å². The molecule has 2 aliphatic rings. The maximum Gasteiger partial charge on any atom is 0.0806 e. The van der Waals surface area contributed by atoms with Crippen molar-refractivity contribution in [2.75, 3.05) is 0 Å². The van der Waals surface area contributed by atoms with Crippen molar-refractivity contribution < 1.29 is 4.74 Å². The molecule has 0 saturated carbocycles. The van der Waals surface area contributed by atoms with Gasteiger partial charge in [-0.15, -0.1) is 0 Å². The summed E-state index contributed by atoms with van der Waals surface area (Å²) in [6.07, 6.45) is 9.38. The van der Waals surface area contributed by atoms with Crippen LogP contribution in [0.1, 0.15) is 45.4 Å². The van der Waals surface area contributed by atoms with Gasteiger partial charge in [0, 0.05) is 0 Å². The Kier molecular flexibility index (Phi) is 5.09. The van der Waals surface area contributed by atoms with Crippen LogP contribution in [0.2, 0.25) is 19.1 Å². The molecule has 2 fully saturated rings. The fourth-order valence-electron chi connectivity index (χ4n) is 4.76. The molecule has 0 amide bonds. The maximum absolute atomic E-state index is 6.23. The third-order valence-corrected chi connectivity index (χ3v) is 9.50. The van der Waals surface area contributed by atoms with Crippen LogP contribution < -0.4 is 5.19 Å². The van der Waals surface area contributed by atoms with E-state index in [1.165, 1.54) is 44.6 Å². The van der Waals surface area contributed by atoms with Gasteiger partial charge in [-0.3, -0.25) is 0 Å². The Labute approximate surface area is 137 Å². The predicted octanol–water partition coefficient (Wildman–Crippen LogP) is 4.98. The second-order valence-corrected chi connectivity index (χ2v) is 13.0. The van der Waals surface area contributed by atoms with Gasteiger partial charge in [0.05, 0.1) is 20.3 Å². The summed E-state index contributed by atoms with van der Waals surface area (Å²) in [6, 6.07) is 12.6. The monoisotopic (exact) mass is 316 g/mol. The van der Waals surface area contributed by atoms with Crippen molar-refractivity contribution >= 4 is 13.3 Å². The zero-order valence-corrected chi connectivity index (χ0v) is 15.6. The van der Waals surface area contributed by atoms with Crippen molar-refractivity contribution in [1.82, 2.24) is 0 Å². The quantitative estimate of drug-likeness (QED) is 0.645. The van der Waals surface area contributed by atoms with Gasteiger partial charge in [0.25, 0.3) is 0 Å². The van der Waals surface area contributed by atoms with Crippen molar-refractivity contribution in [3.05, 3.63) is 30.3 Å². The summed E-state index contributed by atoms with van der Waals surface area (Å²) in [5.74, 6) is 1.73. The summed E-state index contributed by atoms with van der Waals surface area (Å²) >= 11 is 0. The van der Waals surface area contributed by atoms with Gasteiger partial charge in [-0.25, -0.2) is 0 Å². The molecule has 1 nitrogen and oxygen atoms in total. The summed E-state index contributed by atoms with van der Waals surface area (Å²) in [4.78, 5) is 0. The SMILES string of the molecule is CCCC1CC2CC(CCC[Si](C)(C)c3ccccc3)[C@H]1O2. The van der Waals surface area contributed by atoms with Crippen LogP contribution >= 0.6 is 0 Å². The van der Waals surface area contributed by atoms with Crippen LogP contribution in [-0.4, -0.2) is 20.3 Å². The lowest BCUT2D eigenvalue weighted by molar-refractivity contribution is 0.0724. The molecular formula is C20H32OSi. The first-order valence-electron chi connectivity index (χ1n) is 9.31. The molecule has 2 heteroatoms. The lowest BCUT2D eigenvalue weighted by Gasteiger charge is -2.28. The van der Waals surface area contributed by atoms with Gasteiger partial charge in [-0.2, -0.15) is 0 Å². The van der Waals surface area contributed by atoms with Gasteiger partial charge < -0.3 is 4.74 Å². The van der Waals surface area contributed by atoms with E-state index in [0.29, 0.717) is 12.2 Å². The Morgan fingerprint density at radius 3 is 2.36 bits per heavy atom. The highest BCUT2D eigenvalue weighted by atomic mass is 28.3. The number of hydrogen-bond donors (Lipinski definition) is 0. The second-order valence-electron chi connectivity index (χ2n) is 8.15. The first-order chi connectivity index (χ1) is 10.6. The van der Waals surface area contributed by atoms with E-state index in [9.17, 15) is 0 Å². The maximum atomic E-state index is 6.23. The topological polar surface area (TPSA) is 9.23 Å². The first-order valence-corrected chi connectivity index (χ1v) is 12.5. The average Bonchev–Trinajstić information content (AvgIpc) is 3.08. The molecule has 0 radical (unpaired) electrons. The molecule has 0 spiro atoms. The third kappa shape index (κ3) is 3.49. The zero-order chi connectivity index (χ0) is 15.6. The molecule has 2 heterocycles. The van der Waals surface area contributed by atoms with Crippen LogP contribution in [0.4, 0.5) is 0 Å². The van der Waals surface area contributed by atoms with E-state index in [0.717, 1.165) is 11.8 Å². The number of ether oxygens (including phenoxy) is 1. The highest BCUT2D eigenvalue weighted by Gasteiger charge is 2.46. The number of fused-ring (bicyclic) bond motifs is 2. The fraction of sp³-hybridized carbons (Fsp3) is 0.700. The molecule has 1 aromatic carbocycles. The van der Waals surface area contributed by atoms with Crippen molar-refractivity contribution in [1.29, 1.82) is 0 Å². The van der Waals surface area contributed by atoms with Gasteiger partial charge in [-0.05, 0) is 37.5 Å². The summed E-state index contributed by atoms with van der Waals surface area (Å²) < 4.78 is 6.23. The van der Waals surface area contributed by atoms with Gasteiger partial charge in [0.15, 0.2) is 0 Å². The number of benzene rings is 1. The van der Waals surface area contributed by atoms with E-state index >= 15 is 0 Å². The third-order valence-electron chi connectivity index (χ3n) is 6.00. The van der Waals surface area contributed by atoms with Crippen LogP contribution in [0.5, 0.6) is 0 Å². The second kappa shape index (κ2) is 6.88. The molecule has 3 unspecified atom stereocenters. The van der Waals surface area contributed by atoms with Crippen LogP contribution in [0.25, 0.3) is 0 Å². The van der Waals surface area contributed by atoms with Crippen molar-refractivity contribution in [2.45, 2.75) is 76.8 Å². The van der Waals surface area contributed by atoms with Crippen molar-refractivity contribution in [3.8, 4) is 0 Å².